The molecule has 1 atom stereocenters. The number of aliphatic hydroxyl groups is 1. The fourth-order valence-electron chi connectivity index (χ4n) is 1.48. The number of hydrogen-bond acceptors (Lipinski definition) is 4. The van der Waals surface area contributed by atoms with Gasteiger partial charge in [0.2, 0.25) is 0 Å². The molecular formula is C12H20N2O2. The summed E-state index contributed by atoms with van der Waals surface area (Å²) in [6.07, 6.45) is 0.585. The molecule has 0 saturated carbocycles. The summed E-state index contributed by atoms with van der Waals surface area (Å²) in [7, 11) is 1.61. The molecule has 0 bridgehead atoms. The van der Waals surface area contributed by atoms with Crippen molar-refractivity contribution in [3.63, 3.8) is 0 Å². The third-order valence-electron chi connectivity index (χ3n) is 2.32. The molecule has 0 aromatic heterocycles. The quantitative estimate of drug-likeness (QED) is 0.493. The Kier molecular flexibility index (Phi) is 5.08. The van der Waals surface area contributed by atoms with E-state index in [0.29, 0.717) is 18.0 Å². The lowest BCUT2D eigenvalue weighted by Crippen LogP contribution is -2.26. The second-order valence-electron chi connectivity index (χ2n) is 3.88. The Balaban J connectivity index is 2.40. The number of benzene rings is 1. The normalized spacial score (nSPS) is 12.4. The highest BCUT2D eigenvalue weighted by Gasteiger charge is 2.00. The van der Waals surface area contributed by atoms with E-state index in [2.05, 4.69) is 5.32 Å². The van der Waals surface area contributed by atoms with E-state index in [1.54, 1.807) is 14.0 Å². The van der Waals surface area contributed by atoms with Crippen molar-refractivity contribution in [2.24, 2.45) is 0 Å². The summed E-state index contributed by atoms with van der Waals surface area (Å²) in [5.41, 5.74) is 7.62. The van der Waals surface area contributed by atoms with Crippen LogP contribution in [0.25, 0.3) is 0 Å². The van der Waals surface area contributed by atoms with Crippen molar-refractivity contribution in [1.29, 1.82) is 0 Å². The molecule has 1 aromatic rings. The van der Waals surface area contributed by atoms with Gasteiger partial charge in [0.05, 0.1) is 18.9 Å². The molecular weight excluding hydrogens is 204 g/mol. The summed E-state index contributed by atoms with van der Waals surface area (Å²) in [5, 5.41) is 12.2. The monoisotopic (exact) mass is 224 g/mol. The number of nitrogens with two attached hydrogens (primary N) is 1. The van der Waals surface area contributed by atoms with E-state index >= 15 is 0 Å². The van der Waals surface area contributed by atoms with Crippen LogP contribution < -0.4 is 15.8 Å². The van der Waals surface area contributed by atoms with Crippen molar-refractivity contribution >= 4 is 5.69 Å². The van der Waals surface area contributed by atoms with Crippen LogP contribution >= 0.6 is 0 Å². The Morgan fingerprint density at radius 2 is 2.25 bits per heavy atom. The lowest BCUT2D eigenvalue weighted by Gasteiger charge is -2.09. The molecule has 0 spiro atoms. The van der Waals surface area contributed by atoms with Crippen molar-refractivity contribution in [3.8, 4) is 5.75 Å². The van der Waals surface area contributed by atoms with E-state index in [4.69, 9.17) is 15.6 Å². The zero-order valence-corrected chi connectivity index (χ0v) is 9.86. The highest BCUT2D eigenvalue weighted by molar-refractivity contribution is 5.54. The molecule has 0 aliphatic rings. The topological polar surface area (TPSA) is 67.5 Å². The van der Waals surface area contributed by atoms with Gasteiger partial charge in [-0.1, -0.05) is 6.07 Å². The predicted octanol–water partition coefficient (Wildman–Crippen LogP) is 0.790. The minimum Gasteiger partial charge on any atom is -0.495 e. The summed E-state index contributed by atoms with van der Waals surface area (Å²) in [6.45, 7) is 3.21. The molecule has 0 fully saturated rings. The van der Waals surface area contributed by atoms with Gasteiger partial charge in [0.15, 0.2) is 0 Å². The van der Waals surface area contributed by atoms with Crippen molar-refractivity contribution in [3.05, 3.63) is 23.8 Å². The second kappa shape index (κ2) is 6.35. The smallest absolute Gasteiger partial charge is 0.141 e. The molecule has 90 valence electrons. The van der Waals surface area contributed by atoms with Gasteiger partial charge in [-0.2, -0.15) is 0 Å². The molecule has 0 saturated heterocycles. The van der Waals surface area contributed by atoms with Crippen LogP contribution in [0, 0.1) is 0 Å². The van der Waals surface area contributed by atoms with E-state index in [0.717, 1.165) is 18.5 Å². The van der Waals surface area contributed by atoms with Gasteiger partial charge in [-0.05, 0) is 37.6 Å². The first-order valence-electron chi connectivity index (χ1n) is 5.44. The first-order chi connectivity index (χ1) is 7.63. The Bertz CT molecular complexity index is 327. The number of hydrogen-bond donors (Lipinski definition) is 3. The van der Waals surface area contributed by atoms with E-state index in [1.165, 1.54) is 0 Å². The van der Waals surface area contributed by atoms with Gasteiger partial charge >= 0.3 is 0 Å². The number of nitrogens with one attached hydrogen (secondary N) is 1. The Morgan fingerprint density at radius 3 is 2.81 bits per heavy atom. The largest absolute Gasteiger partial charge is 0.495 e. The van der Waals surface area contributed by atoms with Crippen molar-refractivity contribution in [2.45, 2.75) is 19.4 Å². The number of ether oxygens (including phenoxy) is 1. The van der Waals surface area contributed by atoms with Crippen molar-refractivity contribution in [2.75, 3.05) is 25.9 Å². The molecule has 0 amide bonds. The minimum atomic E-state index is -0.305. The zero-order chi connectivity index (χ0) is 12.0. The van der Waals surface area contributed by atoms with Crippen LogP contribution in [0.15, 0.2) is 18.2 Å². The highest BCUT2D eigenvalue weighted by Crippen LogP contribution is 2.21. The minimum absolute atomic E-state index is 0.305. The maximum absolute atomic E-state index is 9.06. The fraction of sp³-hybridized carbons (Fsp3) is 0.500. The first-order valence-corrected chi connectivity index (χ1v) is 5.44. The predicted molar refractivity (Wildman–Crippen MR) is 65.7 cm³/mol. The van der Waals surface area contributed by atoms with E-state index in [1.807, 2.05) is 18.2 Å². The molecule has 4 heteroatoms. The number of anilines is 1. The fourth-order valence-corrected chi connectivity index (χ4v) is 1.48. The van der Waals surface area contributed by atoms with Crippen molar-refractivity contribution < 1.29 is 9.84 Å². The van der Waals surface area contributed by atoms with Crippen LogP contribution in [0.5, 0.6) is 5.75 Å². The van der Waals surface area contributed by atoms with Crippen LogP contribution in [-0.4, -0.2) is 31.4 Å². The van der Waals surface area contributed by atoms with Gasteiger partial charge in [0.1, 0.15) is 5.75 Å². The molecule has 0 heterocycles. The van der Waals surface area contributed by atoms with Gasteiger partial charge in [-0.25, -0.2) is 0 Å². The standard InChI is InChI=1S/C12H20N2O2/c1-9(15)8-14-6-5-10-3-4-12(16-2)11(13)7-10/h3-4,7,9,14-15H,5-6,8,13H2,1-2H3. The summed E-state index contributed by atoms with van der Waals surface area (Å²) >= 11 is 0. The summed E-state index contributed by atoms with van der Waals surface area (Å²) in [4.78, 5) is 0. The maximum Gasteiger partial charge on any atom is 0.141 e. The van der Waals surface area contributed by atoms with E-state index in [9.17, 15) is 0 Å². The van der Waals surface area contributed by atoms with Gasteiger partial charge in [-0.15, -0.1) is 0 Å². The van der Waals surface area contributed by atoms with Crippen LogP contribution in [0.1, 0.15) is 12.5 Å². The number of nitrogen functional groups attached to an aromatic ring is 1. The third-order valence-corrected chi connectivity index (χ3v) is 2.32. The van der Waals surface area contributed by atoms with E-state index < -0.39 is 0 Å². The Hall–Kier alpha value is -1.26. The van der Waals surface area contributed by atoms with Crippen LogP contribution in [0.3, 0.4) is 0 Å². The lowest BCUT2D eigenvalue weighted by atomic mass is 10.1. The molecule has 16 heavy (non-hydrogen) atoms. The van der Waals surface area contributed by atoms with Gasteiger partial charge < -0.3 is 20.9 Å². The third kappa shape index (κ3) is 4.08. The molecule has 4 N–H and O–H groups in total. The highest BCUT2D eigenvalue weighted by atomic mass is 16.5. The number of methoxy groups -OCH3 is 1. The summed E-state index contributed by atoms with van der Waals surface area (Å²) in [6, 6.07) is 5.79. The lowest BCUT2D eigenvalue weighted by molar-refractivity contribution is 0.191. The summed E-state index contributed by atoms with van der Waals surface area (Å²) < 4.78 is 5.08. The molecule has 0 radical (unpaired) electrons. The molecule has 4 nitrogen and oxygen atoms in total. The van der Waals surface area contributed by atoms with E-state index in [-0.39, 0.29) is 6.10 Å². The second-order valence-corrected chi connectivity index (χ2v) is 3.88. The van der Waals surface area contributed by atoms with Crippen LogP contribution in [-0.2, 0) is 6.42 Å². The zero-order valence-electron chi connectivity index (χ0n) is 9.86. The molecule has 1 aromatic carbocycles. The molecule has 0 aliphatic heterocycles. The SMILES string of the molecule is COc1ccc(CCNCC(C)O)cc1N. The first kappa shape index (κ1) is 12.8. The average Bonchev–Trinajstić information content (AvgIpc) is 2.24. The molecule has 1 rings (SSSR count). The number of aliphatic hydroxyl groups excluding tert-OH is 1. The Labute approximate surface area is 96.4 Å². The van der Waals surface area contributed by atoms with Gasteiger partial charge in [0.25, 0.3) is 0 Å². The Morgan fingerprint density at radius 1 is 1.50 bits per heavy atom. The van der Waals surface area contributed by atoms with Gasteiger partial charge in [0, 0.05) is 6.54 Å². The van der Waals surface area contributed by atoms with Gasteiger partial charge in [-0.3, -0.25) is 0 Å². The van der Waals surface area contributed by atoms with Crippen molar-refractivity contribution in [1.82, 2.24) is 5.32 Å². The maximum atomic E-state index is 9.06. The van der Waals surface area contributed by atoms with Crippen LogP contribution in [0.2, 0.25) is 0 Å². The summed E-state index contributed by atoms with van der Waals surface area (Å²) in [5.74, 6) is 0.709. The average molecular weight is 224 g/mol. The number of rotatable bonds is 6. The van der Waals surface area contributed by atoms with Crippen LogP contribution in [0.4, 0.5) is 5.69 Å². The molecule has 1 unspecified atom stereocenters. The molecule has 0 aliphatic carbocycles.